The maximum absolute atomic E-state index is 13.5. The van der Waals surface area contributed by atoms with E-state index in [1.165, 1.54) is 6.07 Å². The summed E-state index contributed by atoms with van der Waals surface area (Å²) >= 11 is 0. The molecule has 1 aromatic heterocycles. The molecule has 0 aliphatic carbocycles. The second kappa shape index (κ2) is 5.03. The van der Waals surface area contributed by atoms with E-state index in [1.807, 2.05) is 0 Å². The van der Waals surface area contributed by atoms with Crippen molar-refractivity contribution in [3.8, 4) is 0 Å². The maximum atomic E-state index is 13.5. The Labute approximate surface area is 110 Å². The van der Waals surface area contributed by atoms with Crippen molar-refractivity contribution in [1.29, 1.82) is 0 Å². The Bertz CT molecular complexity index is 670. The third-order valence-electron chi connectivity index (χ3n) is 2.34. The Balaban J connectivity index is 2.50. The normalized spacial score (nSPS) is 10.3. The van der Waals surface area contributed by atoms with Crippen molar-refractivity contribution in [2.24, 2.45) is 0 Å². The van der Waals surface area contributed by atoms with Gasteiger partial charge >= 0.3 is 5.69 Å². The van der Waals surface area contributed by atoms with Gasteiger partial charge in [0.25, 0.3) is 0 Å². The molecule has 1 aromatic carbocycles. The zero-order valence-corrected chi connectivity index (χ0v) is 9.73. The minimum absolute atomic E-state index is 0.0824. The van der Waals surface area contributed by atoms with E-state index in [0.29, 0.717) is 12.1 Å². The van der Waals surface area contributed by atoms with E-state index in [1.54, 1.807) is 0 Å². The second-order valence-corrected chi connectivity index (χ2v) is 3.73. The number of nitrogens with zero attached hydrogens (tertiary/aromatic N) is 2. The molecule has 0 spiro atoms. The molecule has 0 saturated carbocycles. The molecule has 0 amide bonds. The van der Waals surface area contributed by atoms with Gasteiger partial charge < -0.3 is 11.1 Å². The Kier molecular flexibility index (Phi) is 3.42. The standard InChI is InChI=1S/C11H7F3N4O2/c12-5-3-6(13)10(7(14)4-5)17-11-8(18(19)20)1-2-9(15)16-11/h1-4H,(H3,15,16,17). The van der Waals surface area contributed by atoms with Crippen LogP contribution in [0.5, 0.6) is 0 Å². The van der Waals surface area contributed by atoms with Crippen LogP contribution in [0.25, 0.3) is 0 Å². The molecule has 2 rings (SSSR count). The molecular weight excluding hydrogens is 277 g/mol. The van der Waals surface area contributed by atoms with Crippen molar-refractivity contribution in [2.75, 3.05) is 11.1 Å². The van der Waals surface area contributed by atoms with Crippen LogP contribution in [0.1, 0.15) is 0 Å². The number of nitrogen functional groups attached to an aromatic ring is 1. The highest BCUT2D eigenvalue weighted by Gasteiger charge is 2.19. The number of nitro groups is 1. The fourth-order valence-corrected chi connectivity index (χ4v) is 1.49. The molecule has 0 aliphatic heterocycles. The molecule has 9 heteroatoms. The molecule has 0 radical (unpaired) electrons. The summed E-state index contributed by atoms with van der Waals surface area (Å²) in [7, 11) is 0. The third kappa shape index (κ3) is 2.60. The van der Waals surface area contributed by atoms with E-state index < -0.39 is 39.6 Å². The molecule has 0 fully saturated rings. The molecular formula is C11H7F3N4O2. The lowest BCUT2D eigenvalue weighted by Crippen LogP contribution is -2.05. The Hall–Kier alpha value is -2.84. The number of benzene rings is 1. The average Bonchev–Trinajstić information content (AvgIpc) is 2.33. The molecule has 6 nitrogen and oxygen atoms in total. The molecule has 2 aromatic rings. The zero-order valence-electron chi connectivity index (χ0n) is 9.73. The van der Waals surface area contributed by atoms with E-state index >= 15 is 0 Å². The first kappa shape index (κ1) is 13.6. The number of anilines is 3. The molecule has 0 saturated heterocycles. The van der Waals surface area contributed by atoms with Gasteiger partial charge in [0.1, 0.15) is 17.3 Å². The van der Waals surface area contributed by atoms with Crippen LogP contribution in [-0.2, 0) is 0 Å². The Morgan fingerprint density at radius 1 is 1.20 bits per heavy atom. The first-order valence-electron chi connectivity index (χ1n) is 5.21. The topological polar surface area (TPSA) is 94.1 Å². The van der Waals surface area contributed by atoms with Gasteiger partial charge in [-0.15, -0.1) is 0 Å². The van der Waals surface area contributed by atoms with Gasteiger partial charge in [-0.2, -0.15) is 0 Å². The Morgan fingerprint density at radius 3 is 2.35 bits per heavy atom. The van der Waals surface area contributed by atoms with E-state index in [2.05, 4.69) is 10.3 Å². The number of nitrogens with two attached hydrogens (primary N) is 1. The molecule has 104 valence electrons. The fraction of sp³-hybridized carbons (Fsp3) is 0. The molecule has 3 N–H and O–H groups in total. The van der Waals surface area contributed by atoms with Crippen LogP contribution >= 0.6 is 0 Å². The van der Waals surface area contributed by atoms with E-state index in [-0.39, 0.29) is 5.82 Å². The minimum atomic E-state index is -1.25. The summed E-state index contributed by atoms with van der Waals surface area (Å²) in [5.74, 6) is -4.14. The molecule has 1 heterocycles. The van der Waals surface area contributed by atoms with E-state index in [4.69, 9.17) is 5.73 Å². The number of hydrogen-bond donors (Lipinski definition) is 2. The van der Waals surface area contributed by atoms with Crippen molar-refractivity contribution < 1.29 is 18.1 Å². The highest BCUT2D eigenvalue weighted by molar-refractivity contribution is 5.67. The highest BCUT2D eigenvalue weighted by atomic mass is 19.1. The highest BCUT2D eigenvalue weighted by Crippen LogP contribution is 2.29. The zero-order chi connectivity index (χ0) is 14.9. The van der Waals surface area contributed by atoms with E-state index in [0.717, 1.165) is 6.07 Å². The third-order valence-corrected chi connectivity index (χ3v) is 2.34. The molecule has 0 unspecified atom stereocenters. The summed E-state index contributed by atoms with van der Waals surface area (Å²) in [6.45, 7) is 0. The summed E-state index contributed by atoms with van der Waals surface area (Å²) in [5.41, 5.74) is 4.08. The molecule has 20 heavy (non-hydrogen) atoms. The largest absolute Gasteiger partial charge is 0.384 e. The minimum Gasteiger partial charge on any atom is -0.384 e. The molecule has 0 atom stereocenters. The number of pyridine rings is 1. The van der Waals surface area contributed by atoms with Crippen molar-refractivity contribution >= 4 is 23.0 Å². The lowest BCUT2D eigenvalue weighted by Gasteiger charge is -2.09. The quantitative estimate of drug-likeness (QED) is 0.667. The number of rotatable bonds is 3. The maximum Gasteiger partial charge on any atom is 0.311 e. The SMILES string of the molecule is Nc1ccc([N+](=O)[O-])c(Nc2c(F)cc(F)cc2F)n1. The van der Waals surface area contributed by atoms with Gasteiger partial charge in [0.2, 0.25) is 5.82 Å². The van der Waals surface area contributed by atoms with Crippen molar-refractivity contribution in [3.63, 3.8) is 0 Å². The summed E-state index contributed by atoms with van der Waals surface area (Å²) in [6.07, 6.45) is 0. The second-order valence-electron chi connectivity index (χ2n) is 3.73. The summed E-state index contributed by atoms with van der Waals surface area (Å²) in [5, 5.41) is 12.9. The van der Waals surface area contributed by atoms with Crippen LogP contribution in [0.3, 0.4) is 0 Å². The summed E-state index contributed by atoms with van der Waals surface area (Å²) in [4.78, 5) is 13.6. The average molecular weight is 284 g/mol. The van der Waals surface area contributed by atoms with Crippen LogP contribution in [0.15, 0.2) is 24.3 Å². The first-order valence-corrected chi connectivity index (χ1v) is 5.21. The van der Waals surface area contributed by atoms with Crippen LogP contribution < -0.4 is 11.1 Å². The van der Waals surface area contributed by atoms with Crippen LogP contribution in [0, 0.1) is 27.6 Å². The van der Waals surface area contributed by atoms with Crippen molar-refractivity contribution in [1.82, 2.24) is 4.98 Å². The van der Waals surface area contributed by atoms with Gasteiger partial charge in [0.05, 0.1) is 4.92 Å². The van der Waals surface area contributed by atoms with Gasteiger partial charge in [0.15, 0.2) is 11.6 Å². The Morgan fingerprint density at radius 2 is 1.80 bits per heavy atom. The van der Waals surface area contributed by atoms with Gasteiger partial charge in [-0.05, 0) is 6.07 Å². The fourth-order valence-electron chi connectivity index (χ4n) is 1.49. The van der Waals surface area contributed by atoms with Crippen molar-refractivity contribution in [3.05, 3.63) is 51.8 Å². The predicted molar refractivity (Wildman–Crippen MR) is 64.9 cm³/mol. The van der Waals surface area contributed by atoms with Gasteiger partial charge in [-0.1, -0.05) is 0 Å². The molecule has 0 bridgehead atoms. The van der Waals surface area contributed by atoms with E-state index in [9.17, 15) is 23.3 Å². The van der Waals surface area contributed by atoms with Gasteiger partial charge in [-0.3, -0.25) is 10.1 Å². The predicted octanol–water partition coefficient (Wildman–Crippen LogP) is 2.73. The van der Waals surface area contributed by atoms with Crippen LogP contribution in [0.4, 0.5) is 36.2 Å². The number of hydrogen-bond acceptors (Lipinski definition) is 5. The van der Waals surface area contributed by atoms with Crippen LogP contribution in [-0.4, -0.2) is 9.91 Å². The lowest BCUT2D eigenvalue weighted by molar-refractivity contribution is -0.384. The van der Waals surface area contributed by atoms with Crippen LogP contribution in [0.2, 0.25) is 0 Å². The lowest BCUT2D eigenvalue weighted by atomic mass is 10.2. The smallest absolute Gasteiger partial charge is 0.311 e. The number of nitrogens with one attached hydrogen (secondary N) is 1. The monoisotopic (exact) mass is 284 g/mol. The van der Waals surface area contributed by atoms with Gasteiger partial charge in [-0.25, -0.2) is 18.2 Å². The summed E-state index contributed by atoms with van der Waals surface area (Å²) < 4.78 is 39.7. The summed E-state index contributed by atoms with van der Waals surface area (Å²) in [6, 6.07) is 3.07. The number of aromatic nitrogens is 1. The van der Waals surface area contributed by atoms with Gasteiger partial charge in [0, 0.05) is 18.2 Å². The van der Waals surface area contributed by atoms with Crippen molar-refractivity contribution in [2.45, 2.75) is 0 Å². The number of halogens is 3. The first-order chi connectivity index (χ1) is 9.38. The molecule has 0 aliphatic rings.